The van der Waals surface area contributed by atoms with Crippen LogP contribution in [-0.4, -0.2) is 6.21 Å². The Morgan fingerprint density at radius 3 is 2.27 bits per heavy atom. The normalized spacial score (nSPS) is 11.9. The Bertz CT molecular complexity index is 689. The Morgan fingerprint density at radius 1 is 1.09 bits per heavy atom. The van der Waals surface area contributed by atoms with Gasteiger partial charge in [0.25, 0.3) is 0 Å². The number of nitrogens with one attached hydrogen (secondary N) is 1. The molecule has 2 aromatic rings. The molecule has 0 saturated heterocycles. The molecule has 0 bridgehead atoms. The van der Waals surface area contributed by atoms with Crippen molar-refractivity contribution in [3.05, 3.63) is 60.2 Å². The zero-order valence-electron chi connectivity index (χ0n) is 11.4. The van der Waals surface area contributed by atoms with E-state index < -0.39 is 11.7 Å². The summed E-state index contributed by atoms with van der Waals surface area (Å²) in [5.41, 5.74) is 3.67. The average Bonchev–Trinajstić information content (AvgIpc) is 2.44. The van der Waals surface area contributed by atoms with Crippen molar-refractivity contribution >= 4 is 57.1 Å². The topological polar surface area (TPSA) is 24.4 Å². The molecule has 0 atom stereocenters. The molecule has 0 aliphatic carbocycles. The van der Waals surface area contributed by atoms with Gasteiger partial charge in [-0.3, -0.25) is 5.43 Å². The summed E-state index contributed by atoms with van der Waals surface area (Å²) in [5, 5.41) is 3.92. The Balaban J connectivity index is 2.21. The molecule has 22 heavy (non-hydrogen) atoms. The lowest BCUT2D eigenvalue weighted by atomic mass is 10.2. The second-order valence-electron chi connectivity index (χ2n) is 4.52. The van der Waals surface area contributed by atoms with E-state index in [2.05, 4.69) is 55.7 Å². The monoisotopic (exact) mass is 530 g/mol. The van der Waals surface area contributed by atoms with Crippen LogP contribution in [0.5, 0.6) is 0 Å². The van der Waals surface area contributed by atoms with Crippen LogP contribution < -0.4 is 5.43 Å². The molecule has 0 aromatic heterocycles. The molecule has 2 rings (SSSR count). The van der Waals surface area contributed by atoms with Gasteiger partial charge in [0.15, 0.2) is 0 Å². The van der Waals surface area contributed by atoms with Crippen molar-refractivity contribution in [2.24, 2.45) is 5.10 Å². The van der Waals surface area contributed by atoms with Gasteiger partial charge in [0.2, 0.25) is 0 Å². The second-order valence-corrected chi connectivity index (χ2v) is 6.85. The fourth-order valence-electron chi connectivity index (χ4n) is 1.74. The van der Waals surface area contributed by atoms with Crippen molar-refractivity contribution in [3.8, 4) is 0 Å². The molecular weight excluding hydrogens is 519 g/mol. The molecule has 0 fully saturated rings. The highest BCUT2D eigenvalue weighted by atomic mass is 127. The minimum absolute atomic E-state index is 0.0669. The van der Waals surface area contributed by atoms with Crippen LogP contribution in [0.4, 0.5) is 18.9 Å². The van der Waals surface area contributed by atoms with Gasteiger partial charge in [0.1, 0.15) is 0 Å². The summed E-state index contributed by atoms with van der Waals surface area (Å²) >= 11 is 4.44. The van der Waals surface area contributed by atoms with Crippen molar-refractivity contribution in [3.63, 3.8) is 0 Å². The summed E-state index contributed by atoms with van der Waals surface area (Å²) in [5.74, 6) is 0. The van der Waals surface area contributed by atoms with Gasteiger partial charge in [-0.2, -0.15) is 18.3 Å². The van der Waals surface area contributed by atoms with Gasteiger partial charge in [-0.05, 0) is 87.5 Å². The largest absolute Gasteiger partial charge is 0.418 e. The van der Waals surface area contributed by atoms with E-state index in [-0.39, 0.29) is 5.69 Å². The molecule has 2 nitrogen and oxygen atoms in total. The van der Waals surface area contributed by atoms with Gasteiger partial charge in [0, 0.05) is 7.14 Å². The predicted molar refractivity (Wildman–Crippen MR) is 99.3 cm³/mol. The van der Waals surface area contributed by atoms with Crippen molar-refractivity contribution in [1.82, 2.24) is 0 Å². The predicted octanol–water partition coefficient (Wildman–Crippen LogP) is 5.67. The van der Waals surface area contributed by atoms with Crippen LogP contribution in [0.25, 0.3) is 0 Å². The lowest BCUT2D eigenvalue weighted by Gasteiger charge is -2.11. The Kier molecular flexibility index (Phi) is 5.70. The first-order valence-corrected chi connectivity index (χ1v) is 8.35. The zero-order valence-corrected chi connectivity index (χ0v) is 15.7. The van der Waals surface area contributed by atoms with E-state index in [1.54, 1.807) is 0 Å². The first-order chi connectivity index (χ1) is 10.3. The molecule has 116 valence electrons. The molecule has 2 aromatic carbocycles. The van der Waals surface area contributed by atoms with Crippen molar-refractivity contribution < 1.29 is 13.2 Å². The third-order valence-electron chi connectivity index (χ3n) is 2.93. The molecule has 0 saturated carbocycles. The number of rotatable bonds is 3. The summed E-state index contributed by atoms with van der Waals surface area (Å²) in [6, 6.07) is 9.11. The highest BCUT2D eigenvalue weighted by molar-refractivity contribution is 14.1. The number of hydrogen-bond donors (Lipinski definition) is 1. The smallest absolute Gasteiger partial charge is 0.278 e. The molecule has 7 heteroatoms. The fraction of sp³-hybridized carbons (Fsp3) is 0.133. The number of hydrogen-bond acceptors (Lipinski definition) is 2. The minimum Gasteiger partial charge on any atom is -0.278 e. The summed E-state index contributed by atoms with van der Waals surface area (Å²) in [6.45, 7) is 2.02. The van der Waals surface area contributed by atoms with Gasteiger partial charge in [0.05, 0.1) is 17.5 Å². The van der Waals surface area contributed by atoms with Crippen LogP contribution in [0, 0.1) is 14.1 Å². The minimum atomic E-state index is -4.41. The third kappa shape index (κ3) is 4.34. The van der Waals surface area contributed by atoms with E-state index >= 15 is 0 Å². The summed E-state index contributed by atoms with van der Waals surface area (Å²) in [7, 11) is 0. The number of nitrogens with zero attached hydrogens (tertiary/aromatic N) is 1. The van der Waals surface area contributed by atoms with E-state index in [4.69, 9.17) is 0 Å². The summed E-state index contributed by atoms with van der Waals surface area (Å²) in [6.07, 6.45) is -2.90. The van der Waals surface area contributed by atoms with Gasteiger partial charge in [-0.1, -0.05) is 12.1 Å². The van der Waals surface area contributed by atoms with E-state index in [0.717, 1.165) is 18.8 Å². The van der Waals surface area contributed by atoms with Gasteiger partial charge in [-0.15, -0.1) is 0 Å². The number of halogens is 5. The number of benzene rings is 2. The quantitative estimate of drug-likeness (QED) is 0.309. The molecule has 0 aliphatic heterocycles. The maximum atomic E-state index is 12.9. The molecule has 0 spiro atoms. The van der Waals surface area contributed by atoms with Crippen LogP contribution in [0.1, 0.15) is 16.7 Å². The Hall–Kier alpha value is -0.840. The number of alkyl halides is 3. The Labute approximate surface area is 153 Å². The van der Waals surface area contributed by atoms with Crippen molar-refractivity contribution in [2.75, 3.05) is 5.43 Å². The fourth-order valence-corrected chi connectivity index (χ4v) is 3.56. The van der Waals surface area contributed by atoms with E-state index in [1.165, 1.54) is 30.0 Å². The number of para-hydroxylation sites is 1. The SMILES string of the molecule is Cc1c(I)cc(/C=N/Nc2ccccc2C(F)(F)F)cc1I. The van der Waals surface area contributed by atoms with Gasteiger partial charge >= 0.3 is 6.18 Å². The molecule has 0 radical (unpaired) electrons. The van der Waals surface area contributed by atoms with Crippen LogP contribution >= 0.6 is 45.2 Å². The van der Waals surface area contributed by atoms with Gasteiger partial charge < -0.3 is 0 Å². The number of hydrazone groups is 1. The van der Waals surface area contributed by atoms with Crippen molar-refractivity contribution in [1.29, 1.82) is 0 Å². The van der Waals surface area contributed by atoms with E-state index in [0.29, 0.717) is 0 Å². The summed E-state index contributed by atoms with van der Waals surface area (Å²) < 4.78 is 40.7. The highest BCUT2D eigenvalue weighted by Gasteiger charge is 2.33. The second kappa shape index (κ2) is 7.16. The van der Waals surface area contributed by atoms with Crippen LogP contribution in [0.15, 0.2) is 41.5 Å². The summed E-state index contributed by atoms with van der Waals surface area (Å²) in [4.78, 5) is 0. The van der Waals surface area contributed by atoms with E-state index in [9.17, 15) is 13.2 Å². The molecule has 0 unspecified atom stereocenters. The van der Waals surface area contributed by atoms with Crippen LogP contribution in [-0.2, 0) is 6.18 Å². The Morgan fingerprint density at radius 2 is 1.68 bits per heavy atom. The van der Waals surface area contributed by atoms with Crippen LogP contribution in [0.2, 0.25) is 0 Å². The molecule has 1 N–H and O–H groups in total. The molecule has 0 aliphatic rings. The highest BCUT2D eigenvalue weighted by Crippen LogP contribution is 2.34. The van der Waals surface area contributed by atoms with E-state index in [1.807, 2.05) is 19.1 Å². The first-order valence-electron chi connectivity index (χ1n) is 6.20. The maximum absolute atomic E-state index is 12.9. The number of anilines is 1. The van der Waals surface area contributed by atoms with Gasteiger partial charge in [-0.25, -0.2) is 0 Å². The lowest BCUT2D eigenvalue weighted by Crippen LogP contribution is -2.08. The third-order valence-corrected chi connectivity index (χ3v) is 5.18. The maximum Gasteiger partial charge on any atom is 0.418 e. The molecule has 0 heterocycles. The molecular formula is C15H11F3I2N2. The van der Waals surface area contributed by atoms with Crippen LogP contribution in [0.3, 0.4) is 0 Å². The van der Waals surface area contributed by atoms with Crippen molar-refractivity contribution in [2.45, 2.75) is 13.1 Å². The molecule has 0 amide bonds. The zero-order chi connectivity index (χ0) is 16.3. The standard InChI is InChI=1S/C15H11F3I2N2/c1-9-12(19)6-10(7-13(9)20)8-21-22-14-5-3-2-4-11(14)15(16,17)18/h2-8,22H,1H3/b21-8+. The average molecular weight is 530 g/mol. The lowest BCUT2D eigenvalue weighted by molar-refractivity contribution is -0.136. The first kappa shape index (κ1) is 17.5.